The number of anilines is 1. The Kier molecular flexibility index (Phi) is 5.69. The topological polar surface area (TPSA) is 101 Å². The first kappa shape index (κ1) is 16.2. The molecule has 1 amide bonds. The number of carbonyl (C=O) groups is 2. The van der Waals surface area contributed by atoms with E-state index in [0.717, 1.165) is 0 Å². The van der Waals surface area contributed by atoms with E-state index in [4.69, 9.17) is 5.11 Å². The third kappa shape index (κ3) is 5.83. The molecule has 0 radical (unpaired) electrons. The number of carboxylic acid groups (broad SMARTS) is 1. The van der Waals surface area contributed by atoms with Crippen molar-refractivity contribution in [3.05, 3.63) is 29.8 Å². The van der Waals surface area contributed by atoms with E-state index in [2.05, 4.69) is 5.32 Å². The van der Waals surface area contributed by atoms with Gasteiger partial charge in [0.15, 0.2) is 9.84 Å². The number of sulfone groups is 1. The molecule has 0 saturated heterocycles. The van der Waals surface area contributed by atoms with Gasteiger partial charge in [0, 0.05) is 5.69 Å². The molecular formula is C13H17NO5S. The zero-order valence-electron chi connectivity index (χ0n) is 11.1. The van der Waals surface area contributed by atoms with E-state index in [-0.39, 0.29) is 12.2 Å². The van der Waals surface area contributed by atoms with Crippen molar-refractivity contribution in [1.82, 2.24) is 0 Å². The minimum Gasteiger partial charge on any atom is -0.481 e. The lowest BCUT2D eigenvalue weighted by molar-refractivity contribution is -0.136. The fourth-order valence-electron chi connectivity index (χ4n) is 1.66. The van der Waals surface area contributed by atoms with Crippen molar-refractivity contribution in [3.8, 4) is 0 Å². The molecule has 0 heterocycles. The van der Waals surface area contributed by atoms with Crippen molar-refractivity contribution in [2.75, 3.05) is 16.8 Å². The van der Waals surface area contributed by atoms with Crippen molar-refractivity contribution in [2.24, 2.45) is 0 Å². The van der Waals surface area contributed by atoms with Gasteiger partial charge in [-0.15, -0.1) is 0 Å². The number of amides is 1. The van der Waals surface area contributed by atoms with Crippen molar-refractivity contribution in [2.45, 2.75) is 19.8 Å². The molecule has 0 atom stereocenters. The molecule has 7 heteroatoms. The molecule has 1 aromatic rings. The van der Waals surface area contributed by atoms with Gasteiger partial charge < -0.3 is 10.4 Å². The summed E-state index contributed by atoms with van der Waals surface area (Å²) in [6.45, 7) is 1.73. The maximum atomic E-state index is 11.6. The number of hydrogen-bond acceptors (Lipinski definition) is 4. The minimum absolute atomic E-state index is 0.0159. The number of carboxylic acids is 1. The Hall–Kier alpha value is -1.89. The van der Waals surface area contributed by atoms with Gasteiger partial charge in [0.2, 0.25) is 5.91 Å². The van der Waals surface area contributed by atoms with E-state index < -0.39 is 27.5 Å². The van der Waals surface area contributed by atoms with Gasteiger partial charge in [-0.3, -0.25) is 9.59 Å². The predicted octanol–water partition coefficient (Wildman–Crippen LogP) is 1.08. The highest BCUT2D eigenvalue weighted by atomic mass is 32.2. The number of hydrogen-bond donors (Lipinski definition) is 2. The van der Waals surface area contributed by atoms with Gasteiger partial charge >= 0.3 is 5.97 Å². The molecule has 0 aliphatic carbocycles. The highest BCUT2D eigenvalue weighted by Crippen LogP contribution is 2.10. The van der Waals surface area contributed by atoms with Crippen LogP contribution in [0.1, 0.15) is 18.9 Å². The van der Waals surface area contributed by atoms with E-state index in [1.807, 2.05) is 0 Å². The molecule has 1 aromatic carbocycles. The van der Waals surface area contributed by atoms with Crippen LogP contribution in [0.2, 0.25) is 0 Å². The largest absolute Gasteiger partial charge is 0.481 e. The molecule has 0 bridgehead atoms. The van der Waals surface area contributed by atoms with Crippen molar-refractivity contribution in [3.63, 3.8) is 0 Å². The van der Waals surface area contributed by atoms with Gasteiger partial charge in [-0.1, -0.05) is 19.1 Å². The lowest BCUT2D eigenvalue weighted by Gasteiger charge is -2.06. The summed E-state index contributed by atoms with van der Waals surface area (Å²) in [5.74, 6) is -2.09. The van der Waals surface area contributed by atoms with E-state index in [9.17, 15) is 18.0 Å². The Bertz CT molecular complexity index is 577. The van der Waals surface area contributed by atoms with Gasteiger partial charge in [-0.2, -0.15) is 0 Å². The average Bonchev–Trinajstić information content (AvgIpc) is 2.29. The normalized spacial score (nSPS) is 11.1. The molecule has 0 aliphatic heterocycles. The summed E-state index contributed by atoms with van der Waals surface area (Å²) in [5, 5.41) is 11.1. The summed E-state index contributed by atoms with van der Waals surface area (Å²) < 4.78 is 23.0. The summed E-state index contributed by atoms with van der Waals surface area (Å²) in [5.41, 5.74) is 1.05. The van der Waals surface area contributed by atoms with Crippen LogP contribution in [0.5, 0.6) is 0 Å². The lowest BCUT2D eigenvalue weighted by Crippen LogP contribution is -2.24. The third-order valence-corrected chi connectivity index (χ3v) is 4.19. The smallest absolute Gasteiger partial charge is 0.307 e. The number of rotatable bonds is 7. The predicted molar refractivity (Wildman–Crippen MR) is 75.4 cm³/mol. The van der Waals surface area contributed by atoms with Crippen LogP contribution in [-0.2, 0) is 25.8 Å². The first-order valence-corrected chi connectivity index (χ1v) is 7.95. The van der Waals surface area contributed by atoms with Crippen LogP contribution in [0.4, 0.5) is 5.69 Å². The first-order chi connectivity index (χ1) is 9.32. The van der Waals surface area contributed by atoms with Gasteiger partial charge in [0.05, 0.1) is 12.2 Å². The molecule has 0 saturated carbocycles. The van der Waals surface area contributed by atoms with Gasteiger partial charge in [0.1, 0.15) is 5.75 Å². The van der Waals surface area contributed by atoms with Crippen LogP contribution < -0.4 is 5.32 Å². The quantitative estimate of drug-likeness (QED) is 0.784. The summed E-state index contributed by atoms with van der Waals surface area (Å²) in [6.07, 6.45) is 0.374. The zero-order chi connectivity index (χ0) is 15.2. The van der Waals surface area contributed by atoms with E-state index >= 15 is 0 Å². The minimum atomic E-state index is -3.36. The van der Waals surface area contributed by atoms with Crippen LogP contribution in [0, 0.1) is 0 Å². The van der Waals surface area contributed by atoms with Crippen LogP contribution in [0.3, 0.4) is 0 Å². The molecule has 20 heavy (non-hydrogen) atoms. The highest BCUT2D eigenvalue weighted by molar-refractivity contribution is 7.92. The first-order valence-electron chi connectivity index (χ1n) is 6.13. The molecule has 0 unspecified atom stereocenters. The molecule has 2 N–H and O–H groups in total. The second-order valence-corrected chi connectivity index (χ2v) is 6.59. The molecule has 0 fully saturated rings. The number of carbonyl (C=O) groups excluding carboxylic acids is 1. The van der Waals surface area contributed by atoms with Crippen LogP contribution in [0.25, 0.3) is 0 Å². The molecule has 110 valence electrons. The fourth-order valence-corrected chi connectivity index (χ4v) is 2.90. The Morgan fingerprint density at radius 1 is 1.20 bits per heavy atom. The Balaban J connectivity index is 2.60. The fraction of sp³-hybridized carbons (Fsp3) is 0.385. The van der Waals surface area contributed by atoms with E-state index in [1.54, 1.807) is 31.2 Å². The second kappa shape index (κ2) is 7.04. The summed E-state index contributed by atoms with van der Waals surface area (Å²) in [7, 11) is -3.36. The summed E-state index contributed by atoms with van der Waals surface area (Å²) in [4.78, 5) is 22.1. The van der Waals surface area contributed by atoms with Gasteiger partial charge in [-0.05, 0) is 24.1 Å². The lowest BCUT2D eigenvalue weighted by atomic mass is 10.1. The van der Waals surface area contributed by atoms with E-state index in [1.165, 1.54) is 0 Å². The average molecular weight is 299 g/mol. The number of benzene rings is 1. The van der Waals surface area contributed by atoms with Crippen LogP contribution in [-0.4, -0.2) is 36.9 Å². The standard InChI is InChI=1S/C13H17NO5S/c1-2-7-20(18,19)9-12(15)14-11-5-3-10(4-6-11)8-13(16)17/h3-6H,2,7-9H2,1H3,(H,14,15)(H,16,17). The van der Waals surface area contributed by atoms with Gasteiger partial charge in [-0.25, -0.2) is 8.42 Å². The number of aliphatic carboxylic acids is 1. The summed E-state index contributed by atoms with van der Waals surface area (Å²) in [6, 6.07) is 6.24. The van der Waals surface area contributed by atoms with Crippen LogP contribution >= 0.6 is 0 Å². The molecular weight excluding hydrogens is 282 g/mol. The molecule has 6 nitrogen and oxygen atoms in total. The third-order valence-electron chi connectivity index (χ3n) is 2.46. The number of nitrogens with one attached hydrogen (secondary N) is 1. The monoisotopic (exact) mass is 299 g/mol. The van der Waals surface area contributed by atoms with Crippen molar-refractivity contribution >= 4 is 27.4 Å². The molecule has 1 rings (SSSR count). The molecule has 0 aliphatic rings. The summed E-state index contributed by atoms with van der Waals surface area (Å²) >= 11 is 0. The second-order valence-electron chi connectivity index (χ2n) is 4.41. The molecule has 0 aromatic heterocycles. The molecule has 0 spiro atoms. The van der Waals surface area contributed by atoms with Crippen molar-refractivity contribution in [1.29, 1.82) is 0 Å². The van der Waals surface area contributed by atoms with Crippen LogP contribution in [0.15, 0.2) is 24.3 Å². The van der Waals surface area contributed by atoms with Gasteiger partial charge in [0.25, 0.3) is 0 Å². The Morgan fingerprint density at radius 3 is 2.30 bits per heavy atom. The van der Waals surface area contributed by atoms with Crippen molar-refractivity contribution < 1.29 is 23.1 Å². The Labute approximate surface area is 117 Å². The zero-order valence-corrected chi connectivity index (χ0v) is 11.9. The highest BCUT2D eigenvalue weighted by Gasteiger charge is 2.15. The van der Waals surface area contributed by atoms with E-state index in [0.29, 0.717) is 17.7 Å². The maximum absolute atomic E-state index is 11.6. The Morgan fingerprint density at radius 2 is 1.80 bits per heavy atom. The SMILES string of the molecule is CCCS(=O)(=O)CC(=O)Nc1ccc(CC(=O)O)cc1. The maximum Gasteiger partial charge on any atom is 0.307 e.